The van der Waals surface area contributed by atoms with Gasteiger partial charge in [-0.3, -0.25) is 9.48 Å². The lowest BCUT2D eigenvalue weighted by molar-refractivity contribution is -0.119. The van der Waals surface area contributed by atoms with Crippen molar-refractivity contribution in [3.05, 3.63) is 11.4 Å². The second kappa shape index (κ2) is 4.77. The molecule has 5 nitrogen and oxygen atoms in total. The van der Waals surface area contributed by atoms with Gasteiger partial charge < -0.3 is 10.6 Å². The van der Waals surface area contributed by atoms with Gasteiger partial charge in [-0.25, -0.2) is 0 Å². The predicted molar refractivity (Wildman–Crippen MR) is 67.0 cm³/mol. The summed E-state index contributed by atoms with van der Waals surface area (Å²) >= 11 is 0. The van der Waals surface area contributed by atoms with Crippen molar-refractivity contribution in [1.29, 1.82) is 0 Å². The predicted octanol–water partition coefficient (Wildman–Crippen LogP) is 0.845. The fourth-order valence-electron chi connectivity index (χ4n) is 2.35. The molecular formula is C12H20N4O. The van der Waals surface area contributed by atoms with Gasteiger partial charge in [-0.05, 0) is 19.3 Å². The van der Waals surface area contributed by atoms with Gasteiger partial charge in [-0.1, -0.05) is 13.8 Å². The molecule has 1 aromatic heterocycles. The first-order valence-corrected chi connectivity index (χ1v) is 6.26. The number of anilines is 1. The molecular weight excluding hydrogens is 216 g/mol. The summed E-state index contributed by atoms with van der Waals surface area (Å²) in [7, 11) is 1.96. The van der Waals surface area contributed by atoms with Gasteiger partial charge >= 0.3 is 0 Å². The Bertz CT molecular complexity index is 424. The van der Waals surface area contributed by atoms with Crippen molar-refractivity contribution in [3.8, 4) is 0 Å². The van der Waals surface area contributed by atoms with Gasteiger partial charge in [0.2, 0.25) is 5.91 Å². The van der Waals surface area contributed by atoms with Crippen LogP contribution in [0.2, 0.25) is 0 Å². The third-order valence-electron chi connectivity index (χ3n) is 3.28. The smallest absolute Gasteiger partial charge is 0.242 e. The molecule has 94 valence electrons. The quantitative estimate of drug-likeness (QED) is 0.814. The van der Waals surface area contributed by atoms with Crippen molar-refractivity contribution in [2.24, 2.45) is 7.05 Å². The second-order valence-electron chi connectivity index (χ2n) is 4.38. The van der Waals surface area contributed by atoms with E-state index in [1.807, 2.05) is 11.7 Å². The lowest BCUT2D eigenvalue weighted by atomic mass is 10.1. The first-order valence-electron chi connectivity index (χ1n) is 6.26. The van der Waals surface area contributed by atoms with Crippen LogP contribution in [0.3, 0.4) is 0 Å². The summed E-state index contributed by atoms with van der Waals surface area (Å²) in [6.07, 6.45) is 2.64. The molecule has 0 spiro atoms. The van der Waals surface area contributed by atoms with Gasteiger partial charge in [0.15, 0.2) is 0 Å². The number of rotatable bonds is 4. The number of nitrogens with zero attached hydrogens (tertiary/aromatic N) is 2. The SMILES string of the molecule is CCc1nn(C)c(CC)c1NC1CCNC1=O. The number of aryl methyl sites for hydroxylation is 2. The number of hydrogen-bond donors (Lipinski definition) is 2. The Morgan fingerprint density at radius 2 is 2.24 bits per heavy atom. The molecule has 2 N–H and O–H groups in total. The van der Waals surface area contributed by atoms with Crippen LogP contribution in [0, 0.1) is 0 Å². The highest BCUT2D eigenvalue weighted by Crippen LogP contribution is 2.23. The minimum Gasteiger partial charge on any atom is -0.371 e. The molecule has 2 rings (SSSR count). The second-order valence-corrected chi connectivity index (χ2v) is 4.38. The summed E-state index contributed by atoms with van der Waals surface area (Å²) < 4.78 is 1.91. The lowest BCUT2D eigenvalue weighted by Gasteiger charge is -2.13. The van der Waals surface area contributed by atoms with Gasteiger partial charge in [0.25, 0.3) is 0 Å². The maximum atomic E-state index is 11.6. The summed E-state index contributed by atoms with van der Waals surface area (Å²) in [6.45, 7) is 4.96. The summed E-state index contributed by atoms with van der Waals surface area (Å²) in [4.78, 5) is 11.6. The van der Waals surface area contributed by atoms with Crippen LogP contribution in [0.15, 0.2) is 0 Å². The fourth-order valence-corrected chi connectivity index (χ4v) is 2.35. The molecule has 1 saturated heterocycles. The number of carbonyl (C=O) groups is 1. The molecule has 17 heavy (non-hydrogen) atoms. The van der Waals surface area contributed by atoms with E-state index in [2.05, 4.69) is 29.6 Å². The van der Waals surface area contributed by atoms with E-state index in [9.17, 15) is 4.79 Å². The number of amides is 1. The molecule has 1 atom stereocenters. The average Bonchev–Trinajstić information content (AvgIpc) is 2.84. The molecule has 1 aliphatic heterocycles. The van der Waals surface area contributed by atoms with Crippen molar-refractivity contribution < 1.29 is 4.79 Å². The Kier molecular flexibility index (Phi) is 3.36. The van der Waals surface area contributed by atoms with Gasteiger partial charge in [0.1, 0.15) is 6.04 Å². The average molecular weight is 236 g/mol. The van der Waals surface area contributed by atoms with Crippen LogP contribution in [0.25, 0.3) is 0 Å². The molecule has 0 aromatic carbocycles. The van der Waals surface area contributed by atoms with Crippen molar-refractivity contribution in [1.82, 2.24) is 15.1 Å². The van der Waals surface area contributed by atoms with Crippen molar-refractivity contribution >= 4 is 11.6 Å². The van der Waals surface area contributed by atoms with E-state index < -0.39 is 0 Å². The molecule has 0 bridgehead atoms. The summed E-state index contributed by atoms with van der Waals surface area (Å²) in [5, 5.41) is 10.7. The normalized spacial score (nSPS) is 19.5. The number of hydrogen-bond acceptors (Lipinski definition) is 3. The monoisotopic (exact) mass is 236 g/mol. The van der Waals surface area contributed by atoms with Crippen LogP contribution >= 0.6 is 0 Å². The molecule has 1 amide bonds. The number of carbonyl (C=O) groups excluding carboxylic acids is 1. The highest BCUT2D eigenvalue weighted by atomic mass is 16.2. The van der Waals surface area contributed by atoms with Crippen LogP contribution in [0.5, 0.6) is 0 Å². The van der Waals surface area contributed by atoms with Crippen molar-refractivity contribution in [2.45, 2.75) is 39.2 Å². The molecule has 1 unspecified atom stereocenters. The molecule has 0 saturated carbocycles. The maximum absolute atomic E-state index is 11.6. The van der Waals surface area contributed by atoms with Crippen molar-refractivity contribution in [3.63, 3.8) is 0 Å². The van der Waals surface area contributed by atoms with E-state index in [-0.39, 0.29) is 11.9 Å². The van der Waals surface area contributed by atoms with E-state index in [1.165, 1.54) is 5.69 Å². The molecule has 0 aliphatic carbocycles. The first-order chi connectivity index (χ1) is 8.17. The van der Waals surface area contributed by atoms with Crippen LogP contribution in [-0.4, -0.2) is 28.3 Å². The van der Waals surface area contributed by atoms with E-state index >= 15 is 0 Å². The topological polar surface area (TPSA) is 59.0 Å². The van der Waals surface area contributed by atoms with E-state index in [4.69, 9.17) is 0 Å². The highest BCUT2D eigenvalue weighted by molar-refractivity contribution is 5.86. The Labute approximate surface area is 102 Å². The lowest BCUT2D eigenvalue weighted by Crippen LogP contribution is -2.30. The fraction of sp³-hybridized carbons (Fsp3) is 0.667. The molecule has 1 aromatic rings. The minimum absolute atomic E-state index is 0.0953. The van der Waals surface area contributed by atoms with E-state index in [0.29, 0.717) is 0 Å². The Morgan fingerprint density at radius 1 is 1.47 bits per heavy atom. The Morgan fingerprint density at radius 3 is 2.76 bits per heavy atom. The molecule has 5 heteroatoms. The number of nitrogens with one attached hydrogen (secondary N) is 2. The van der Waals surface area contributed by atoms with Gasteiger partial charge in [0, 0.05) is 13.6 Å². The van der Waals surface area contributed by atoms with Crippen LogP contribution < -0.4 is 10.6 Å². The van der Waals surface area contributed by atoms with Crippen LogP contribution in [-0.2, 0) is 24.7 Å². The third-order valence-corrected chi connectivity index (χ3v) is 3.28. The molecule has 2 heterocycles. The van der Waals surface area contributed by atoms with Gasteiger partial charge in [0.05, 0.1) is 17.1 Å². The first kappa shape index (κ1) is 12.0. The Hall–Kier alpha value is -1.52. The highest BCUT2D eigenvalue weighted by Gasteiger charge is 2.26. The van der Waals surface area contributed by atoms with Crippen molar-refractivity contribution in [2.75, 3.05) is 11.9 Å². The zero-order valence-corrected chi connectivity index (χ0v) is 10.7. The Balaban J connectivity index is 2.26. The standard InChI is InChI=1S/C12H20N4O/c1-4-8-11(10(5-2)16(3)15-8)14-9-6-7-13-12(9)17/h9,14H,4-7H2,1-3H3,(H,13,17). The summed E-state index contributed by atoms with van der Waals surface area (Å²) in [5.41, 5.74) is 3.27. The largest absolute Gasteiger partial charge is 0.371 e. The third kappa shape index (κ3) is 2.14. The van der Waals surface area contributed by atoms with E-state index in [0.717, 1.165) is 37.2 Å². The van der Waals surface area contributed by atoms with Gasteiger partial charge in [-0.2, -0.15) is 5.10 Å². The summed E-state index contributed by atoms with van der Waals surface area (Å²) in [5.74, 6) is 0.0953. The van der Waals surface area contributed by atoms with E-state index in [1.54, 1.807) is 0 Å². The van der Waals surface area contributed by atoms with Crippen LogP contribution in [0.4, 0.5) is 5.69 Å². The summed E-state index contributed by atoms with van der Waals surface area (Å²) in [6, 6.07) is -0.102. The van der Waals surface area contributed by atoms with Gasteiger partial charge in [-0.15, -0.1) is 0 Å². The molecule has 1 fully saturated rings. The zero-order valence-electron chi connectivity index (χ0n) is 10.7. The number of aromatic nitrogens is 2. The van der Waals surface area contributed by atoms with Crippen LogP contribution in [0.1, 0.15) is 31.7 Å². The molecule has 1 aliphatic rings. The zero-order chi connectivity index (χ0) is 12.4. The molecule has 0 radical (unpaired) electrons. The minimum atomic E-state index is -0.102. The maximum Gasteiger partial charge on any atom is 0.242 e.